The van der Waals surface area contributed by atoms with Crippen LogP contribution < -0.4 is 10.6 Å². The summed E-state index contributed by atoms with van der Waals surface area (Å²) in [5, 5.41) is 7.17. The Morgan fingerprint density at radius 3 is 2.53 bits per heavy atom. The molecular weight excluding hydrogens is 232 g/mol. The van der Waals surface area contributed by atoms with E-state index in [2.05, 4.69) is 55.7 Å². The van der Waals surface area contributed by atoms with Crippen LogP contribution in [0.3, 0.4) is 0 Å². The highest BCUT2D eigenvalue weighted by atomic mass is 15.0. The van der Waals surface area contributed by atoms with E-state index in [0.717, 1.165) is 12.5 Å². The molecule has 2 heteroatoms. The SMILES string of the molecule is CC(C)Cc1ccc(C(C)NCC2CCCN2)cc1. The molecular formula is C17H28N2. The maximum absolute atomic E-state index is 3.64. The first-order valence-corrected chi connectivity index (χ1v) is 7.70. The highest BCUT2D eigenvalue weighted by Crippen LogP contribution is 2.16. The molecule has 2 N–H and O–H groups in total. The van der Waals surface area contributed by atoms with E-state index >= 15 is 0 Å². The monoisotopic (exact) mass is 260 g/mol. The summed E-state index contributed by atoms with van der Waals surface area (Å²) >= 11 is 0. The van der Waals surface area contributed by atoms with Crippen LogP contribution in [0.1, 0.15) is 50.8 Å². The van der Waals surface area contributed by atoms with Gasteiger partial charge in [-0.1, -0.05) is 38.1 Å². The van der Waals surface area contributed by atoms with Crippen LogP contribution >= 0.6 is 0 Å². The summed E-state index contributed by atoms with van der Waals surface area (Å²) in [4.78, 5) is 0. The van der Waals surface area contributed by atoms with Gasteiger partial charge in [-0.15, -0.1) is 0 Å². The lowest BCUT2D eigenvalue weighted by Crippen LogP contribution is -2.35. The Hall–Kier alpha value is -0.860. The van der Waals surface area contributed by atoms with Crippen LogP contribution in [0.2, 0.25) is 0 Å². The predicted octanol–water partition coefficient (Wildman–Crippen LogP) is 3.29. The second-order valence-corrected chi connectivity index (χ2v) is 6.26. The second kappa shape index (κ2) is 7.06. The van der Waals surface area contributed by atoms with E-state index in [9.17, 15) is 0 Å². The molecule has 2 atom stereocenters. The maximum atomic E-state index is 3.64. The molecule has 1 saturated heterocycles. The van der Waals surface area contributed by atoms with Crippen molar-refractivity contribution in [2.24, 2.45) is 5.92 Å². The first-order valence-electron chi connectivity index (χ1n) is 7.70. The molecule has 0 bridgehead atoms. The third-order valence-electron chi connectivity index (χ3n) is 3.96. The molecule has 1 aliphatic heterocycles. The van der Waals surface area contributed by atoms with Gasteiger partial charge in [0, 0.05) is 18.6 Å². The normalized spacial score (nSPS) is 20.9. The summed E-state index contributed by atoms with van der Waals surface area (Å²) in [5.74, 6) is 0.731. The first kappa shape index (κ1) is 14.5. The topological polar surface area (TPSA) is 24.1 Å². The van der Waals surface area contributed by atoms with Crippen molar-refractivity contribution in [3.8, 4) is 0 Å². The van der Waals surface area contributed by atoms with Gasteiger partial charge in [0.2, 0.25) is 0 Å². The van der Waals surface area contributed by atoms with Crippen LogP contribution in [-0.4, -0.2) is 19.1 Å². The van der Waals surface area contributed by atoms with Gasteiger partial charge in [0.15, 0.2) is 0 Å². The quantitative estimate of drug-likeness (QED) is 0.820. The number of hydrogen-bond acceptors (Lipinski definition) is 2. The van der Waals surface area contributed by atoms with Crippen LogP contribution in [0.15, 0.2) is 24.3 Å². The van der Waals surface area contributed by atoms with E-state index in [1.54, 1.807) is 0 Å². The fourth-order valence-corrected chi connectivity index (χ4v) is 2.78. The Morgan fingerprint density at radius 1 is 1.21 bits per heavy atom. The highest BCUT2D eigenvalue weighted by Gasteiger charge is 2.14. The standard InChI is InChI=1S/C17H28N2/c1-13(2)11-15-6-8-16(9-7-15)14(3)19-12-17-5-4-10-18-17/h6-9,13-14,17-19H,4-5,10-12H2,1-3H3. The largest absolute Gasteiger partial charge is 0.313 e. The molecule has 106 valence electrons. The van der Waals surface area contributed by atoms with E-state index < -0.39 is 0 Å². The van der Waals surface area contributed by atoms with Gasteiger partial charge in [-0.05, 0) is 49.8 Å². The van der Waals surface area contributed by atoms with Crippen LogP contribution in [0, 0.1) is 5.92 Å². The van der Waals surface area contributed by atoms with Crippen LogP contribution in [0.4, 0.5) is 0 Å². The van der Waals surface area contributed by atoms with Gasteiger partial charge < -0.3 is 10.6 Å². The number of hydrogen-bond donors (Lipinski definition) is 2. The zero-order chi connectivity index (χ0) is 13.7. The summed E-state index contributed by atoms with van der Waals surface area (Å²) in [5.41, 5.74) is 2.84. The number of rotatable bonds is 6. The molecule has 0 aromatic heterocycles. The summed E-state index contributed by atoms with van der Waals surface area (Å²) in [6, 6.07) is 10.2. The van der Waals surface area contributed by atoms with Crippen molar-refractivity contribution in [3.05, 3.63) is 35.4 Å². The molecule has 2 unspecified atom stereocenters. The maximum Gasteiger partial charge on any atom is 0.0292 e. The van der Waals surface area contributed by atoms with Crippen LogP contribution in [0.25, 0.3) is 0 Å². The van der Waals surface area contributed by atoms with E-state index in [4.69, 9.17) is 0 Å². The Labute approximate surface area is 118 Å². The Bertz CT molecular complexity index is 363. The molecule has 1 aromatic carbocycles. The zero-order valence-corrected chi connectivity index (χ0v) is 12.6. The fourth-order valence-electron chi connectivity index (χ4n) is 2.78. The van der Waals surface area contributed by atoms with Crippen molar-refractivity contribution in [1.29, 1.82) is 0 Å². The lowest BCUT2D eigenvalue weighted by molar-refractivity contribution is 0.489. The van der Waals surface area contributed by atoms with Gasteiger partial charge >= 0.3 is 0 Å². The van der Waals surface area contributed by atoms with Gasteiger partial charge in [0.05, 0.1) is 0 Å². The summed E-state index contributed by atoms with van der Waals surface area (Å²) < 4.78 is 0. The molecule has 0 spiro atoms. The van der Waals surface area contributed by atoms with Gasteiger partial charge in [0.1, 0.15) is 0 Å². The Morgan fingerprint density at radius 2 is 1.95 bits per heavy atom. The second-order valence-electron chi connectivity index (χ2n) is 6.26. The average molecular weight is 260 g/mol. The Balaban J connectivity index is 1.82. The highest BCUT2D eigenvalue weighted by molar-refractivity contribution is 5.25. The summed E-state index contributed by atoms with van der Waals surface area (Å²) in [6.07, 6.45) is 3.81. The minimum atomic E-state index is 0.440. The molecule has 0 radical (unpaired) electrons. The summed E-state index contributed by atoms with van der Waals surface area (Å²) in [6.45, 7) is 9.06. The molecule has 1 heterocycles. The van der Waals surface area contributed by atoms with E-state index in [-0.39, 0.29) is 0 Å². The molecule has 0 aliphatic carbocycles. The van der Waals surface area contributed by atoms with E-state index in [1.807, 2.05) is 0 Å². The predicted molar refractivity (Wildman–Crippen MR) is 82.4 cm³/mol. The van der Waals surface area contributed by atoms with Crippen LogP contribution in [0.5, 0.6) is 0 Å². The smallest absolute Gasteiger partial charge is 0.0292 e. The van der Waals surface area contributed by atoms with E-state index in [0.29, 0.717) is 12.1 Å². The van der Waals surface area contributed by atoms with Gasteiger partial charge in [-0.2, -0.15) is 0 Å². The lowest BCUT2D eigenvalue weighted by Gasteiger charge is -2.18. The average Bonchev–Trinajstić information content (AvgIpc) is 2.89. The molecule has 2 nitrogen and oxygen atoms in total. The fraction of sp³-hybridized carbons (Fsp3) is 0.647. The van der Waals surface area contributed by atoms with Crippen molar-refractivity contribution in [1.82, 2.24) is 10.6 Å². The molecule has 1 aliphatic rings. The molecule has 0 amide bonds. The van der Waals surface area contributed by atoms with Crippen molar-refractivity contribution in [3.63, 3.8) is 0 Å². The lowest BCUT2D eigenvalue weighted by atomic mass is 10.00. The number of benzene rings is 1. The van der Waals surface area contributed by atoms with Gasteiger partial charge in [0.25, 0.3) is 0 Å². The zero-order valence-electron chi connectivity index (χ0n) is 12.6. The summed E-state index contributed by atoms with van der Waals surface area (Å²) in [7, 11) is 0. The van der Waals surface area contributed by atoms with Crippen molar-refractivity contribution < 1.29 is 0 Å². The van der Waals surface area contributed by atoms with Crippen molar-refractivity contribution in [2.75, 3.05) is 13.1 Å². The minimum Gasteiger partial charge on any atom is -0.313 e. The van der Waals surface area contributed by atoms with E-state index in [1.165, 1.54) is 36.9 Å². The number of nitrogens with one attached hydrogen (secondary N) is 2. The molecule has 0 saturated carbocycles. The van der Waals surface area contributed by atoms with Gasteiger partial charge in [-0.3, -0.25) is 0 Å². The van der Waals surface area contributed by atoms with Crippen LogP contribution in [-0.2, 0) is 6.42 Å². The Kier molecular flexibility index (Phi) is 5.41. The third-order valence-corrected chi connectivity index (χ3v) is 3.96. The van der Waals surface area contributed by atoms with Crippen molar-refractivity contribution in [2.45, 2.75) is 52.1 Å². The molecule has 1 fully saturated rings. The minimum absolute atomic E-state index is 0.440. The first-order chi connectivity index (χ1) is 9.15. The third kappa shape index (κ3) is 4.63. The molecule has 2 rings (SSSR count). The van der Waals surface area contributed by atoms with Gasteiger partial charge in [-0.25, -0.2) is 0 Å². The van der Waals surface area contributed by atoms with Crippen molar-refractivity contribution >= 4 is 0 Å². The molecule has 1 aromatic rings. The molecule has 19 heavy (non-hydrogen) atoms.